The van der Waals surface area contributed by atoms with Crippen LogP contribution in [0.4, 0.5) is 0 Å². The van der Waals surface area contributed by atoms with Gasteiger partial charge in [-0.25, -0.2) is 0 Å². The van der Waals surface area contributed by atoms with E-state index in [0.717, 1.165) is 26.2 Å². The van der Waals surface area contributed by atoms with Crippen molar-refractivity contribution in [2.45, 2.75) is 52.9 Å². The number of rotatable bonds is 5. The summed E-state index contributed by atoms with van der Waals surface area (Å²) in [7, 11) is 0. The van der Waals surface area contributed by atoms with Crippen LogP contribution in [0, 0.1) is 5.92 Å². The van der Waals surface area contributed by atoms with Crippen LogP contribution in [0.1, 0.15) is 34.6 Å². The van der Waals surface area contributed by atoms with Crippen LogP contribution in [0.2, 0.25) is 0 Å². The van der Waals surface area contributed by atoms with Crippen LogP contribution in [-0.2, 0) is 4.74 Å². The van der Waals surface area contributed by atoms with Gasteiger partial charge in [0.15, 0.2) is 0 Å². The van der Waals surface area contributed by atoms with Gasteiger partial charge in [-0.15, -0.1) is 0 Å². The van der Waals surface area contributed by atoms with Crippen LogP contribution >= 0.6 is 0 Å². The largest absolute Gasteiger partial charge is 0.373 e. The Labute approximate surface area is 101 Å². The van der Waals surface area contributed by atoms with E-state index in [1.54, 1.807) is 0 Å². The van der Waals surface area contributed by atoms with Gasteiger partial charge in [0.1, 0.15) is 0 Å². The highest BCUT2D eigenvalue weighted by atomic mass is 16.5. The second-order valence-electron chi connectivity index (χ2n) is 5.50. The third-order valence-corrected chi connectivity index (χ3v) is 3.39. The summed E-state index contributed by atoms with van der Waals surface area (Å²) in [6, 6.07) is 0.607. The smallest absolute Gasteiger partial charge is 0.0678 e. The fourth-order valence-electron chi connectivity index (χ4n) is 2.15. The van der Waals surface area contributed by atoms with E-state index < -0.39 is 0 Å². The number of ether oxygens (including phenoxy) is 1. The summed E-state index contributed by atoms with van der Waals surface area (Å²) < 4.78 is 5.72. The van der Waals surface area contributed by atoms with Gasteiger partial charge in [-0.05, 0) is 26.7 Å². The minimum atomic E-state index is 0.381. The molecule has 1 saturated heterocycles. The SMILES string of the molecule is CC(C)C(C)NCCN1C[C@@H](C)O[C@@H](C)C1. The number of nitrogens with one attached hydrogen (secondary N) is 1. The Kier molecular flexibility index (Phi) is 5.73. The Bertz CT molecular complexity index is 186. The molecule has 1 aliphatic rings. The third-order valence-electron chi connectivity index (χ3n) is 3.39. The molecule has 96 valence electrons. The van der Waals surface area contributed by atoms with Crippen LogP contribution in [0.5, 0.6) is 0 Å². The van der Waals surface area contributed by atoms with Gasteiger partial charge in [-0.3, -0.25) is 4.90 Å². The summed E-state index contributed by atoms with van der Waals surface area (Å²) in [5.74, 6) is 0.711. The molecule has 0 saturated carbocycles. The summed E-state index contributed by atoms with van der Waals surface area (Å²) >= 11 is 0. The minimum absolute atomic E-state index is 0.381. The van der Waals surface area contributed by atoms with E-state index in [1.165, 1.54) is 0 Å². The summed E-state index contributed by atoms with van der Waals surface area (Å²) in [4.78, 5) is 2.50. The number of hydrogen-bond acceptors (Lipinski definition) is 3. The lowest BCUT2D eigenvalue weighted by molar-refractivity contribution is -0.0675. The second kappa shape index (κ2) is 6.58. The molecular formula is C13H28N2O. The van der Waals surface area contributed by atoms with Crippen molar-refractivity contribution in [1.82, 2.24) is 10.2 Å². The highest BCUT2D eigenvalue weighted by molar-refractivity contribution is 4.74. The van der Waals surface area contributed by atoms with Crippen molar-refractivity contribution in [1.29, 1.82) is 0 Å². The number of nitrogens with zero attached hydrogens (tertiary/aromatic N) is 1. The summed E-state index contributed by atoms with van der Waals surface area (Å²) in [6.07, 6.45) is 0.762. The van der Waals surface area contributed by atoms with Gasteiger partial charge in [-0.2, -0.15) is 0 Å². The zero-order valence-corrected chi connectivity index (χ0v) is 11.5. The molecule has 3 nitrogen and oxygen atoms in total. The van der Waals surface area contributed by atoms with Crippen molar-refractivity contribution in [3.63, 3.8) is 0 Å². The monoisotopic (exact) mass is 228 g/mol. The van der Waals surface area contributed by atoms with Crippen molar-refractivity contribution in [2.75, 3.05) is 26.2 Å². The number of morpholine rings is 1. The quantitative estimate of drug-likeness (QED) is 0.775. The van der Waals surface area contributed by atoms with E-state index in [2.05, 4.69) is 44.8 Å². The standard InChI is InChI=1S/C13H28N2O/c1-10(2)13(5)14-6-7-15-8-11(3)16-12(4)9-15/h10-14H,6-9H2,1-5H3/t11-,12+,13?. The van der Waals surface area contributed by atoms with Crippen LogP contribution in [-0.4, -0.2) is 49.3 Å². The lowest BCUT2D eigenvalue weighted by atomic mass is 10.1. The molecule has 1 fully saturated rings. The molecule has 1 rings (SSSR count). The average molecular weight is 228 g/mol. The average Bonchev–Trinajstić information content (AvgIpc) is 2.15. The summed E-state index contributed by atoms with van der Waals surface area (Å²) in [5.41, 5.74) is 0. The molecule has 0 aromatic rings. The highest BCUT2D eigenvalue weighted by Crippen LogP contribution is 2.09. The predicted octanol–water partition coefficient (Wildman–Crippen LogP) is 1.73. The lowest BCUT2D eigenvalue weighted by Gasteiger charge is -2.35. The maximum atomic E-state index is 5.72. The van der Waals surface area contributed by atoms with E-state index in [4.69, 9.17) is 4.74 Å². The van der Waals surface area contributed by atoms with Gasteiger partial charge >= 0.3 is 0 Å². The zero-order chi connectivity index (χ0) is 12.1. The first kappa shape index (κ1) is 13.9. The molecule has 1 aliphatic heterocycles. The molecule has 0 aromatic heterocycles. The van der Waals surface area contributed by atoms with Crippen LogP contribution < -0.4 is 5.32 Å². The van der Waals surface area contributed by atoms with Crippen LogP contribution in [0.3, 0.4) is 0 Å². The Morgan fingerprint density at radius 1 is 1.19 bits per heavy atom. The van der Waals surface area contributed by atoms with E-state index in [0.29, 0.717) is 24.2 Å². The van der Waals surface area contributed by atoms with Crippen LogP contribution in [0.25, 0.3) is 0 Å². The Balaban J connectivity index is 2.17. The van der Waals surface area contributed by atoms with Crippen molar-refractivity contribution >= 4 is 0 Å². The van der Waals surface area contributed by atoms with E-state index >= 15 is 0 Å². The molecule has 0 bridgehead atoms. The number of hydrogen-bond donors (Lipinski definition) is 1. The molecule has 0 amide bonds. The Hall–Kier alpha value is -0.120. The van der Waals surface area contributed by atoms with Gasteiger partial charge in [0.05, 0.1) is 12.2 Å². The molecule has 1 unspecified atom stereocenters. The second-order valence-corrected chi connectivity index (χ2v) is 5.50. The molecule has 16 heavy (non-hydrogen) atoms. The van der Waals surface area contributed by atoms with E-state index in [-0.39, 0.29) is 0 Å². The zero-order valence-electron chi connectivity index (χ0n) is 11.5. The summed E-state index contributed by atoms with van der Waals surface area (Å²) in [6.45, 7) is 15.5. The van der Waals surface area contributed by atoms with Crippen molar-refractivity contribution in [3.05, 3.63) is 0 Å². The van der Waals surface area contributed by atoms with Crippen LogP contribution in [0.15, 0.2) is 0 Å². The lowest BCUT2D eigenvalue weighted by Crippen LogP contribution is -2.48. The van der Waals surface area contributed by atoms with Crippen molar-refractivity contribution < 1.29 is 4.74 Å². The molecular weight excluding hydrogens is 200 g/mol. The molecule has 0 aliphatic carbocycles. The Morgan fingerprint density at radius 3 is 2.25 bits per heavy atom. The van der Waals surface area contributed by atoms with E-state index in [9.17, 15) is 0 Å². The molecule has 1 N–H and O–H groups in total. The predicted molar refractivity (Wildman–Crippen MR) is 68.8 cm³/mol. The molecule has 0 radical (unpaired) electrons. The third kappa shape index (κ3) is 4.81. The topological polar surface area (TPSA) is 24.5 Å². The minimum Gasteiger partial charge on any atom is -0.373 e. The molecule has 1 heterocycles. The van der Waals surface area contributed by atoms with Gasteiger partial charge in [0.2, 0.25) is 0 Å². The van der Waals surface area contributed by atoms with Gasteiger partial charge in [0.25, 0.3) is 0 Å². The van der Waals surface area contributed by atoms with Gasteiger partial charge in [0, 0.05) is 32.2 Å². The molecule has 3 heteroatoms. The maximum Gasteiger partial charge on any atom is 0.0678 e. The summed E-state index contributed by atoms with van der Waals surface area (Å²) in [5, 5.41) is 3.58. The first-order valence-electron chi connectivity index (χ1n) is 6.60. The molecule has 0 spiro atoms. The van der Waals surface area contributed by atoms with Crippen molar-refractivity contribution in [3.8, 4) is 0 Å². The maximum absolute atomic E-state index is 5.72. The fraction of sp³-hybridized carbons (Fsp3) is 1.00. The van der Waals surface area contributed by atoms with Crippen molar-refractivity contribution in [2.24, 2.45) is 5.92 Å². The van der Waals surface area contributed by atoms with E-state index in [1.807, 2.05) is 0 Å². The normalized spacial score (nSPS) is 29.6. The first-order chi connectivity index (χ1) is 7.49. The van der Waals surface area contributed by atoms with Gasteiger partial charge < -0.3 is 10.1 Å². The first-order valence-corrected chi connectivity index (χ1v) is 6.60. The molecule has 0 aromatic carbocycles. The van der Waals surface area contributed by atoms with Gasteiger partial charge in [-0.1, -0.05) is 13.8 Å². The molecule has 3 atom stereocenters. The highest BCUT2D eigenvalue weighted by Gasteiger charge is 2.21. The Morgan fingerprint density at radius 2 is 1.75 bits per heavy atom. The fourth-order valence-corrected chi connectivity index (χ4v) is 2.15.